The summed E-state index contributed by atoms with van der Waals surface area (Å²) in [6.45, 7) is 0. The number of hydrogen-bond acceptors (Lipinski definition) is 4. The second-order valence-corrected chi connectivity index (χ2v) is 3.63. The summed E-state index contributed by atoms with van der Waals surface area (Å²) in [6.07, 6.45) is 1.51. The molecule has 0 bridgehead atoms. The van der Waals surface area contributed by atoms with Crippen molar-refractivity contribution in [3.05, 3.63) is 59.7 Å². The molecule has 2 rings (SSSR count). The first-order valence-electron chi connectivity index (χ1n) is 5.34. The second-order valence-electron chi connectivity index (χ2n) is 3.63. The van der Waals surface area contributed by atoms with E-state index in [2.05, 4.69) is 10.2 Å². The van der Waals surface area contributed by atoms with Gasteiger partial charge in [-0.3, -0.25) is 9.59 Å². The van der Waals surface area contributed by atoms with Crippen molar-refractivity contribution in [2.24, 2.45) is 10.2 Å². The van der Waals surface area contributed by atoms with E-state index in [1.165, 1.54) is 0 Å². The highest BCUT2D eigenvalue weighted by Crippen LogP contribution is 2.19. The first-order chi connectivity index (χ1) is 8.81. The molecule has 0 amide bonds. The van der Waals surface area contributed by atoms with E-state index in [0.717, 1.165) is 12.6 Å². The lowest BCUT2D eigenvalue weighted by atomic mass is 10.2. The van der Waals surface area contributed by atoms with Crippen molar-refractivity contribution in [2.75, 3.05) is 0 Å². The third-order valence-electron chi connectivity index (χ3n) is 2.29. The van der Waals surface area contributed by atoms with Gasteiger partial charge in [0, 0.05) is 11.1 Å². The molecule has 2 aromatic rings. The monoisotopic (exact) mass is 238 g/mol. The van der Waals surface area contributed by atoms with Gasteiger partial charge in [-0.15, -0.1) is 0 Å². The maximum atomic E-state index is 10.6. The van der Waals surface area contributed by atoms with Crippen LogP contribution in [0.3, 0.4) is 0 Å². The van der Waals surface area contributed by atoms with Gasteiger partial charge in [0.1, 0.15) is 12.6 Å². The number of benzene rings is 2. The molecule has 18 heavy (non-hydrogen) atoms. The summed E-state index contributed by atoms with van der Waals surface area (Å²) in [5, 5.41) is 8.02. The quantitative estimate of drug-likeness (QED) is 0.602. The third kappa shape index (κ3) is 2.95. The van der Waals surface area contributed by atoms with Crippen LogP contribution in [0.4, 0.5) is 11.4 Å². The Kier molecular flexibility index (Phi) is 3.71. The number of nitrogens with zero attached hydrogens (tertiary/aromatic N) is 2. The number of aldehydes is 2. The lowest BCUT2D eigenvalue weighted by molar-refractivity contribution is 0.111. The molecule has 0 saturated heterocycles. The Morgan fingerprint density at radius 1 is 0.722 bits per heavy atom. The highest BCUT2D eigenvalue weighted by Gasteiger charge is 1.95. The molecule has 2 aromatic carbocycles. The molecule has 88 valence electrons. The summed E-state index contributed by atoms with van der Waals surface area (Å²) in [5.74, 6) is 0. The van der Waals surface area contributed by atoms with Crippen molar-refractivity contribution >= 4 is 23.9 Å². The molecule has 0 unspecified atom stereocenters. The Morgan fingerprint density at radius 3 is 1.56 bits per heavy atom. The van der Waals surface area contributed by atoms with Gasteiger partial charge in [0.2, 0.25) is 0 Å². The van der Waals surface area contributed by atoms with Gasteiger partial charge in [0.05, 0.1) is 11.4 Å². The zero-order valence-electron chi connectivity index (χ0n) is 9.48. The minimum atomic E-state index is 0.549. The maximum Gasteiger partial charge on any atom is 0.150 e. The first kappa shape index (κ1) is 11.9. The fourth-order valence-electron chi connectivity index (χ4n) is 1.44. The van der Waals surface area contributed by atoms with E-state index in [1.54, 1.807) is 48.5 Å². The first-order valence-corrected chi connectivity index (χ1v) is 5.34. The van der Waals surface area contributed by atoms with Crippen LogP contribution in [0.2, 0.25) is 0 Å². The Morgan fingerprint density at radius 2 is 1.17 bits per heavy atom. The van der Waals surface area contributed by atoms with E-state index in [0.29, 0.717) is 22.5 Å². The highest BCUT2D eigenvalue weighted by atomic mass is 16.1. The molecule has 0 saturated carbocycles. The lowest BCUT2D eigenvalue weighted by Gasteiger charge is -1.95. The Labute approximate surface area is 104 Å². The minimum absolute atomic E-state index is 0.549. The van der Waals surface area contributed by atoms with Crippen LogP contribution in [0, 0.1) is 0 Å². The Balaban J connectivity index is 2.23. The molecular formula is C14H10N2O2. The fraction of sp³-hybridized carbons (Fsp3) is 0. The Bertz CT molecular complexity index is 553. The summed E-state index contributed by atoms with van der Waals surface area (Å²) in [7, 11) is 0. The fourth-order valence-corrected chi connectivity index (χ4v) is 1.44. The number of azo groups is 1. The molecule has 0 N–H and O–H groups in total. The van der Waals surface area contributed by atoms with Crippen LogP contribution in [0.5, 0.6) is 0 Å². The molecule has 0 fully saturated rings. The zero-order chi connectivity index (χ0) is 12.8. The van der Waals surface area contributed by atoms with Crippen molar-refractivity contribution in [2.45, 2.75) is 0 Å². The van der Waals surface area contributed by atoms with Crippen molar-refractivity contribution in [1.29, 1.82) is 0 Å². The van der Waals surface area contributed by atoms with Crippen LogP contribution in [0.15, 0.2) is 58.8 Å². The highest BCUT2D eigenvalue weighted by molar-refractivity contribution is 5.77. The summed E-state index contributed by atoms with van der Waals surface area (Å²) in [6, 6.07) is 13.6. The van der Waals surface area contributed by atoms with E-state index in [-0.39, 0.29) is 0 Å². The number of hydrogen-bond donors (Lipinski definition) is 0. The number of rotatable bonds is 4. The average Bonchev–Trinajstić information content (AvgIpc) is 2.45. The summed E-state index contributed by atoms with van der Waals surface area (Å²) in [4.78, 5) is 21.2. The summed E-state index contributed by atoms with van der Waals surface area (Å²) >= 11 is 0. The largest absolute Gasteiger partial charge is 0.298 e. The molecule has 0 atom stereocenters. The van der Waals surface area contributed by atoms with E-state index in [4.69, 9.17) is 0 Å². The van der Waals surface area contributed by atoms with Gasteiger partial charge in [0.15, 0.2) is 0 Å². The van der Waals surface area contributed by atoms with Gasteiger partial charge in [-0.25, -0.2) is 0 Å². The van der Waals surface area contributed by atoms with Gasteiger partial charge >= 0.3 is 0 Å². The van der Waals surface area contributed by atoms with Crippen LogP contribution in [-0.4, -0.2) is 12.6 Å². The van der Waals surface area contributed by atoms with Crippen LogP contribution in [-0.2, 0) is 0 Å². The molecule has 0 aromatic heterocycles. The van der Waals surface area contributed by atoms with E-state index in [9.17, 15) is 9.59 Å². The van der Waals surface area contributed by atoms with Crippen LogP contribution in [0.1, 0.15) is 20.7 Å². The molecule has 0 radical (unpaired) electrons. The molecule has 0 aliphatic rings. The second kappa shape index (κ2) is 5.63. The van der Waals surface area contributed by atoms with Crippen molar-refractivity contribution in [3.8, 4) is 0 Å². The summed E-state index contributed by atoms with van der Waals surface area (Å²) < 4.78 is 0. The smallest absolute Gasteiger partial charge is 0.150 e. The minimum Gasteiger partial charge on any atom is -0.298 e. The van der Waals surface area contributed by atoms with E-state index < -0.39 is 0 Å². The van der Waals surface area contributed by atoms with E-state index >= 15 is 0 Å². The predicted molar refractivity (Wildman–Crippen MR) is 67.8 cm³/mol. The summed E-state index contributed by atoms with van der Waals surface area (Å²) in [5.41, 5.74) is 2.29. The van der Waals surface area contributed by atoms with Crippen LogP contribution >= 0.6 is 0 Å². The standard InChI is InChI=1S/C14H10N2O2/c17-9-11-3-1-5-13(7-11)15-16-14-6-2-4-12(8-14)10-18/h1-10H. The Hall–Kier alpha value is -2.62. The number of carbonyl (C=O) groups is 2. The van der Waals surface area contributed by atoms with Gasteiger partial charge in [-0.05, 0) is 24.3 Å². The molecule has 0 aliphatic heterocycles. The molecule has 4 heteroatoms. The molecule has 4 nitrogen and oxygen atoms in total. The predicted octanol–water partition coefficient (Wildman–Crippen LogP) is 3.73. The normalized spacial score (nSPS) is 10.4. The van der Waals surface area contributed by atoms with Gasteiger partial charge in [-0.2, -0.15) is 10.2 Å². The van der Waals surface area contributed by atoms with Crippen molar-refractivity contribution < 1.29 is 9.59 Å². The maximum absolute atomic E-state index is 10.6. The third-order valence-corrected chi connectivity index (χ3v) is 2.29. The van der Waals surface area contributed by atoms with Crippen LogP contribution in [0.25, 0.3) is 0 Å². The van der Waals surface area contributed by atoms with Crippen LogP contribution < -0.4 is 0 Å². The zero-order valence-corrected chi connectivity index (χ0v) is 9.48. The molecule has 0 aliphatic carbocycles. The van der Waals surface area contributed by atoms with Gasteiger partial charge in [-0.1, -0.05) is 24.3 Å². The van der Waals surface area contributed by atoms with Gasteiger partial charge in [0.25, 0.3) is 0 Å². The topological polar surface area (TPSA) is 58.9 Å². The average molecular weight is 238 g/mol. The number of carbonyl (C=O) groups excluding carboxylic acids is 2. The lowest BCUT2D eigenvalue weighted by Crippen LogP contribution is -1.77. The van der Waals surface area contributed by atoms with Gasteiger partial charge < -0.3 is 0 Å². The van der Waals surface area contributed by atoms with Crippen molar-refractivity contribution in [3.63, 3.8) is 0 Å². The van der Waals surface area contributed by atoms with Crippen molar-refractivity contribution in [1.82, 2.24) is 0 Å². The molecule has 0 heterocycles. The molecule has 0 spiro atoms. The SMILES string of the molecule is O=Cc1cccc(N=Nc2cccc(C=O)c2)c1. The molecular weight excluding hydrogens is 228 g/mol. The van der Waals surface area contributed by atoms with E-state index in [1.807, 2.05) is 0 Å².